The first-order chi connectivity index (χ1) is 8.79. The summed E-state index contributed by atoms with van der Waals surface area (Å²) in [5, 5.41) is 3.31. The summed E-state index contributed by atoms with van der Waals surface area (Å²) in [7, 11) is 2.02. The minimum Gasteiger partial charge on any atom is -0.319 e. The SMILES string of the molecule is CNCC(Cc1cccc(F)c1)C1CCCCC1. The molecule has 2 rings (SSSR count). The summed E-state index contributed by atoms with van der Waals surface area (Å²) < 4.78 is 13.2. The number of nitrogens with one attached hydrogen (secondary N) is 1. The van der Waals surface area contributed by atoms with Crippen molar-refractivity contribution in [2.75, 3.05) is 13.6 Å². The third-order valence-electron chi connectivity index (χ3n) is 4.17. The molecule has 1 aromatic rings. The first-order valence-corrected chi connectivity index (χ1v) is 7.18. The van der Waals surface area contributed by atoms with Crippen molar-refractivity contribution in [3.63, 3.8) is 0 Å². The lowest BCUT2D eigenvalue weighted by Gasteiger charge is -2.30. The third kappa shape index (κ3) is 3.81. The molecule has 1 aromatic carbocycles. The maximum Gasteiger partial charge on any atom is 0.123 e. The predicted molar refractivity (Wildman–Crippen MR) is 74.1 cm³/mol. The molecule has 0 saturated heterocycles. The minimum atomic E-state index is -0.112. The maximum absolute atomic E-state index is 13.2. The first kappa shape index (κ1) is 13.5. The Balaban J connectivity index is 2.00. The Morgan fingerprint density at radius 2 is 2.06 bits per heavy atom. The molecule has 1 aliphatic carbocycles. The van der Waals surface area contributed by atoms with E-state index in [1.165, 1.54) is 38.2 Å². The molecule has 0 aromatic heterocycles. The fourth-order valence-electron chi connectivity index (χ4n) is 3.24. The Hall–Kier alpha value is -0.890. The average Bonchev–Trinajstić information content (AvgIpc) is 2.39. The van der Waals surface area contributed by atoms with Gasteiger partial charge in [0.25, 0.3) is 0 Å². The fourth-order valence-corrected chi connectivity index (χ4v) is 3.24. The zero-order chi connectivity index (χ0) is 12.8. The molecule has 0 aliphatic heterocycles. The van der Waals surface area contributed by atoms with Gasteiger partial charge in [0.2, 0.25) is 0 Å². The molecule has 0 radical (unpaired) electrons. The van der Waals surface area contributed by atoms with Crippen LogP contribution in [-0.4, -0.2) is 13.6 Å². The van der Waals surface area contributed by atoms with Crippen LogP contribution in [0.4, 0.5) is 4.39 Å². The Morgan fingerprint density at radius 3 is 2.72 bits per heavy atom. The van der Waals surface area contributed by atoms with E-state index < -0.39 is 0 Å². The van der Waals surface area contributed by atoms with Gasteiger partial charge in [0, 0.05) is 0 Å². The number of hydrogen-bond donors (Lipinski definition) is 1. The highest BCUT2D eigenvalue weighted by Crippen LogP contribution is 2.31. The summed E-state index contributed by atoms with van der Waals surface area (Å²) >= 11 is 0. The molecule has 0 bridgehead atoms. The molecular formula is C16H24FN. The van der Waals surface area contributed by atoms with Crippen LogP contribution in [0.1, 0.15) is 37.7 Å². The van der Waals surface area contributed by atoms with Gasteiger partial charge < -0.3 is 5.32 Å². The van der Waals surface area contributed by atoms with Crippen LogP contribution in [-0.2, 0) is 6.42 Å². The van der Waals surface area contributed by atoms with Crippen molar-refractivity contribution in [1.29, 1.82) is 0 Å². The lowest BCUT2D eigenvalue weighted by atomic mass is 9.77. The van der Waals surface area contributed by atoms with Crippen molar-refractivity contribution >= 4 is 0 Å². The summed E-state index contributed by atoms with van der Waals surface area (Å²) in [6, 6.07) is 7.08. The molecule has 1 aliphatic rings. The van der Waals surface area contributed by atoms with E-state index >= 15 is 0 Å². The number of hydrogen-bond acceptors (Lipinski definition) is 1. The standard InChI is InChI=1S/C16H24FN/c1-18-12-15(14-7-3-2-4-8-14)10-13-6-5-9-16(17)11-13/h5-6,9,11,14-15,18H,2-4,7-8,10,12H2,1H3. The molecule has 1 saturated carbocycles. The highest BCUT2D eigenvalue weighted by atomic mass is 19.1. The van der Waals surface area contributed by atoms with E-state index in [4.69, 9.17) is 0 Å². The molecular weight excluding hydrogens is 225 g/mol. The fraction of sp³-hybridized carbons (Fsp3) is 0.625. The van der Waals surface area contributed by atoms with Crippen molar-refractivity contribution in [3.05, 3.63) is 35.6 Å². The molecule has 0 spiro atoms. The van der Waals surface area contributed by atoms with Gasteiger partial charge in [-0.25, -0.2) is 4.39 Å². The second-order valence-corrected chi connectivity index (χ2v) is 5.55. The molecule has 2 heteroatoms. The number of halogens is 1. The highest BCUT2D eigenvalue weighted by Gasteiger charge is 2.23. The van der Waals surface area contributed by atoms with E-state index in [2.05, 4.69) is 11.4 Å². The molecule has 1 N–H and O–H groups in total. The second kappa shape index (κ2) is 6.89. The average molecular weight is 249 g/mol. The van der Waals surface area contributed by atoms with Crippen molar-refractivity contribution in [1.82, 2.24) is 5.32 Å². The van der Waals surface area contributed by atoms with Crippen LogP contribution in [0.25, 0.3) is 0 Å². The maximum atomic E-state index is 13.2. The molecule has 0 heterocycles. The van der Waals surface area contributed by atoms with Crippen LogP contribution in [0, 0.1) is 17.7 Å². The summed E-state index contributed by atoms with van der Waals surface area (Å²) in [6.07, 6.45) is 7.83. The van der Waals surface area contributed by atoms with E-state index in [-0.39, 0.29) is 5.82 Å². The van der Waals surface area contributed by atoms with E-state index in [1.807, 2.05) is 13.1 Å². The summed E-state index contributed by atoms with van der Waals surface area (Å²) in [4.78, 5) is 0. The zero-order valence-electron chi connectivity index (χ0n) is 11.3. The molecule has 1 fully saturated rings. The lowest BCUT2D eigenvalue weighted by Crippen LogP contribution is -2.29. The Bertz CT molecular complexity index is 358. The quantitative estimate of drug-likeness (QED) is 0.837. The van der Waals surface area contributed by atoms with E-state index in [0.717, 1.165) is 24.4 Å². The summed E-state index contributed by atoms with van der Waals surface area (Å²) in [6.45, 7) is 1.04. The first-order valence-electron chi connectivity index (χ1n) is 7.18. The smallest absolute Gasteiger partial charge is 0.123 e. The van der Waals surface area contributed by atoms with Crippen LogP contribution in [0.15, 0.2) is 24.3 Å². The topological polar surface area (TPSA) is 12.0 Å². The lowest BCUT2D eigenvalue weighted by molar-refractivity contribution is 0.242. The van der Waals surface area contributed by atoms with Crippen LogP contribution in [0.5, 0.6) is 0 Å². The van der Waals surface area contributed by atoms with Crippen molar-refractivity contribution < 1.29 is 4.39 Å². The molecule has 1 nitrogen and oxygen atoms in total. The van der Waals surface area contributed by atoms with Crippen molar-refractivity contribution in [2.24, 2.45) is 11.8 Å². The van der Waals surface area contributed by atoms with Crippen LogP contribution < -0.4 is 5.32 Å². The largest absolute Gasteiger partial charge is 0.319 e. The van der Waals surface area contributed by atoms with Gasteiger partial charge in [-0.15, -0.1) is 0 Å². The van der Waals surface area contributed by atoms with Crippen molar-refractivity contribution in [3.8, 4) is 0 Å². The number of benzene rings is 1. The monoisotopic (exact) mass is 249 g/mol. The van der Waals surface area contributed by atoms with Gasteiger partial charge in [-0.1, -0.05) is 44.2 Å². The van der Waals surface area contributed by atoms with E-state index in [9.17, 15) is 4.39 Å². The molecule has 0 amide bonds. The zero-order valence-corrected chi connectivity index (χ0v) is 11.3. The van der Waals surface area contributed by atoms with Gasteiger partial charge in [-0.2, -0.15) is 0 Å². The van der Waals surface area contributed by atoms with Gasteiger partial charge >= 0.3 is 0 Å². The normalized spacial score (nSPS) is 18.8. The molecule has 1 unspecified atom stereocenters. The van der Waals surface area contributed by atoms with Gasteiger partial charge in [0.1, 0.15) is 5.82 Å². The van der Waals surface area contributed by atoms with Gasteiger partial charge in [0.05, 0.1) is 0 Å². The van der Waals surface area contributed by atoms with Gasteiger partial charge in [-0.3, -0.25) is 0 Å². The van der Waals surface area contributed by atoms with E-state index in [0.29, 0.717) is 5.92 Å². The van der Waals surface area contributed by atoms with Crippen LogP contribution in [0.2, 0.25) is 0 Å². The van der Waals surface area contributed by atoms with Crippen LogP contribution >= 0.6 is 0 Å². The Kier molecular flexibility index (Phi) is 5.18. The Labute approximate surface area is 110 Å². The van der Waals surface area contributed by atoms with Gasteiger partial charge in [0.15, 0.2) is 0 Å². The predicted octanol–water partition coefficient (Wildman–Crippen LogP) is 3.78. The third-order valence-corrected chi connectivity index (χ3v) is 4.17. The minimum absolute atomic E-state index is 0.112. The second-order valence-electron chi connectivity index (χ2n) is 5.55. The summed E-state index contributed by atoms with van der Waals surface area (Å²) in [5.74, 6) is 1.35. The molecule has 100 valence electrons. The van der Waals surface area contributed by atoms with Crippen molar-refractivity contribution in [2.45, 2.75) is 38.5 Å². The van der Waals surface area contributed by atoms with E-state index in [1.54, 1.807) is 6.07 Å². The number of rotatable bonds is 5. The van der Waals surface area contributed by atoms with Gasteiger partial charge in [-0.05, 0) is 49.5 Å². The van der Waals surface area contributed by atoms with Crippen LogP contribution in [0.3, 0.4) is 0 Å². The Morgan fingerprint density at radius 1 is 1.28 bits per heavy atom. The summed E-state index contributed by atoms with van der Waals surface area (Å²) in [5.41, 5.74) is 1.14. The molecule has 18 heavy (non-hydrogen) atoms. The molecule has 1 atom stereocenters. The highest BCUT2D eigenvalue weighted by molar-refractivity contribution is 5.17.